The van der Waals surface area contributed by atoms with Gasteiger partial charge in [-0.3, -0.25) is 0 Å². The number of nitrogens with zero attached hydrogens (tertiary/aromatic N) is 1. The zero-order valence-electron chi connectivity index (χ0n) is 16.8. The van der Waals surface area contributed by atoms with Crippen LogP contribution in [0.5, 0.6) is 28.7 Å². The van der Waals surface area contributed by atoms with Gasteiger partial charge >= 0.3 is 0 Å². The third-order valence-corrected chi connectivity index (χ3v) is 5.52. The first-order chi connectivity index (χ1) is 14.1. The van der Waals surface area contributed by atoms with Crippen molar-refractivity contribution in [3.8, 4) is 40.0 Å². The number of rotatable bonds is 2. The Morgan fingerprint density at radius 2 is 1.47 bits per heavy atom. The minimum atomic E-state index is 0. The zero-order chi connectivity index (χ0) is 19.7. The van der Waals surface area contributed by atoms with Crippen LogP contribution in [0.3, 0.4) is 0 Å². The van der Waals surface area contributed by atoms with Crippen molar-refractivity contribution in [2.45, 2.75) is 20.0 Å². The first-order valence-corrected chi connectivity index (χ1v) is 9.68. The summed E-state index contributed by atoms with van der Waals surface area (Å²) in [6, 6.07) is 12.3. The second-order valence-electron chi connectivity index (χ2n) is 7.66. The summed E-state index contributed by atoms with van der Waals surface area (Å²) in [5.74, 6) is 3.77. The maximum atomic E-state index is 6.23. The average molecular weight is 426 g/mol. The van der Waals surface area contributed by atoms with Gasteiger partial charge in [0.2, 0.25) is 24.8 Å². The highest BCUT2D eigenvalue weighted by molar-refractivity contribution is 6.11. The van der Waals surface area contributed by atoms with Crippen LogP contribution in [-0.2, 0) is 7.05 Å². The monoisotopic (exact) mass is 425 g/mol. The number of fused-ring (bicyclic) bond motifs is 7. The van der Waals surface area contributed by atoms with Crippen molar-refractivity contribution in [1.29, 1.82) is 0 Å². The fourth-order valence-electron chi connectivity index (χ4n) is 4.30. The number of hydrogen-bond acceptors (Lipinski definition) is 5. The predicted molar refractivity (Wildman–Crippen MR) is 107 cm³/mol. The largest absolute Gasteiger partial charge is 1.00 e. The molecule has 0 atom stereocenters. The molecule has 3 aliphatic heterocycles. The van der Waals surface area contributed by atoms with E-state index in [4.69, 9.17) is 23.7 Å². The maximum absolute atomic E-state index is 6.23. The number of hydrogen-bond donors (Lipinski definition) is 0. The van der Waals surface area contributed by atoms with Gasteiger partial charge in [0.25, 0.3) is 0 Å². The number of benzene rings is 2. The lowest BCUT2D eigenvalue weighted by Gasteiger charge is -2.10. The highest BCUT2D eigenvalue weighted by atomic mass is 35.5. The topological polar surface area (TPSA) is 50.0 Å². The van der Waals surface area contributed by atoms with Gasteiger partial charge in [0.05, 0.1) is 22.9 Å². The van der Waals surface area contributed by atoms with Crippen LogP contribution in [0.4, 0.5) is 0 Å². The van der Waals surface area contributed by atoms with Gasteiger partial charge in [0, 0.05) is 6.07 Å². The SMILES string of the molecule is CC(C)Oc1cc2c(cc3[n+](C)c4c(ccc5cc6c(cc54)OCO6)c1-3)OCO2.[Cl-]. The molecule has 0 aromatic heterocycles. The van der Waals surface area contributed by atoms with E-state index in [1.54, 1.807) is 0 Å². The Balaban J connectivity index is 0.00000193. The van der Waals surface area contributed by atoms with E-state index in [9.17, 15) is 0 Å². The summed E-state index contributed by atoms with van der Waals surface area (Å²) < 4.78 is 30.9. The molecule has 30 heavy (non-hydrogen) atoms. The molecule has 7 heteroatoms. The molecular weight excluding hydrogens is 406 g/mol. The molecule has 0 radical (unpaired) electrons. The van der Waals surface area contributed by atoms with E-state index in [-0.39, 0.29) is 32.1 Å². The molecular formula is C23H20ClNO5. The van der Waals surface area contributed by atoms with Crippen LogP contribution >= 0.6 is 0 Å². The third kappa shape index (κ3) is 2.60. The first-order valence-electron chi connectivity index (χ1n) is 9.68. The summed E-state index contributed by atoms with van der Waals surface area (Å²) in [5, 5.41) is 3.32. The van der Waals surface area contributed by atoms with Gasteiger partial charge in [-0.15, -0.1) is 0 Å². The number of ether oxygens (including phenoxy) is 5. The summed E-state index contributed by atoms with van der Waals surface area (Å²) in [7, 11) is 2.07. The Morgan fingerprint density at radius 3 is 2.17 bits per heavy atom. The molecule has 0 N–H and O–H groups in total. The molecule has 0 unspecified atom stereocenters. The van der Waals surface area contributed by atoms with Gasteiger partial charge in [0.1, 0.15) is 18.4 Å². The maximum Gasteiger partial charge on any atom is 0.231 e. The first kappa shape index (κ1) is 18.9. The molecule has 0 amide bonds. The molecule has 3 heterocycles. The fourth-order valence-corrected chi connectivity index (χ4v) is 4.30. The van der Waals surface area contributed by atoms with Crippen molar-refractivity contribution in [1.82, 2.24) is 0 Å². The third-order valence-electron chi connectivity index (χ3n) is 5.52. The van der Waals surface area contributed by atoms with Crippen molar-refractivity contribution in [2.24, 2.45) is 7.05 Å². The van der Waals surface area contributed by atoms with Crippen molar-refractivity contribution in [3.63, 3.8) is 0 Å². The van der Waals surface area contributed by atoms with Gasteiger partial charge in [-0.2, -0.15) is 4.57 Å². The van der Waals surface area contributed by atoms with Crippen LogP contribution < -0.4 is 40.7 Å². The average Bonchev–Trinajstić information content (AvgIpc) is 3.36. The van der Waals surface area contributed by atoms with Gasteiger partial charge in [0.15, 0.2) is 23.0 Å². The van der Waals surface area contributed by atoms with E-state index in [1.165, 1.54) is 0 Å². The number of halogens is 1. The Labute approximate surface area is 179 Å². The van der Waals surface area contributed by atoms with Crippen LogP contribution in [-0.4, -0.2) is 19.7 Å². The van der Waals surface area contributed by atoms with Crippen molar-refractivity contribution in [3.05, 3.63) is 36.4 Å². The molecule has 154 valence electrons. The van der Waals surface area contributed by atoms with E-state index in [0.29, 0.717) is 5.75 Å². The van der Waals surface area contributed by atoms with Gasteiger partial charge in [-0.25, -0.2) is 0 Å². The van der Waals surface area contributed by atoms with E-state index < -0.39 is 0 Å². The van der Waals surface area contributed by atoms with Crippen molar-refractivity contribution in [2.75, 3.05) is 13.6 Å². The highest BCUT2D eigenvalue weighted by Gasteiger charge is 2.32. The quantitative estimate of drug-likeness (QED) is 0.451. The zero-order valence-corrected chi connectivity index (χ0v) is 17.6. The summed E-state index contributed by atoms with van der Waals surface area (Å²) >= 11 is 0. The Bertz CT molecular complexity index is 1290. The molecule has 6 nitrogen and oxygen atoms in total. The van der Waals surface area contributed by atoms with E-state index in [1.807, 2.05) is 32.0 Å². The molecule has 2 aromatic carbocycles. The van der Waals surface area contributed by atoms with Crippen LogP contribution in [0.1, 0.15) is 13.8 Å². The lowest BCUT2D eigenvalue weighted by molar-refractivity contribution is -0.630. The Kier molecular flexibility index (Phi) is 4.22. The predicted octanol–water partition coefficient (Wildman–Crippen LogP) is 1.17. The summed E-state index contributed by atoms with van der Waals surface area (Å²) in [5.41, 5.74) is 3.17. The lowest BCUT2D eigenvalue weighted by Crippen LogP contribution is -3.00. The standard InChI is InChI=1S/C23H20NO5.ClH/c1-12(2)29-21-9-20-19(27-11-28-20)8-16-22(21)14-5-4-13-6-17-18(26-10-25-17)7-15(13)23(14)24(16)3;/h4-9,12H,10-11H2,1-3H3;1H/q+1;/p-1. The molecule has 0 fully saturated rings. The van der Waals surface area contributed by atoms with Crippen molar-refractivity contribution < 1.29 is 40.7 Å². The molecule has 2 aromatic rings. The Hall–Kier alpha value is -3.12. The van der Waals surface area contributed by atoms with Crippen LogP contribution in [0.25, 0.3) is 32.9 Å². The van der Waals surface area contributed by atoms with E-state index in [2.05, 4.69) is 29.8 Å². The van der Waals surface area contributed by atoms with Gasteiger partial charge in [-0.05, 0) is 37.4 Å². The van der Waals surface area contributed by atoms with E-state index >= 15 is 0 Å². The molecule has 1 aliphatic carbocycles. The lowest BCUT2D eigenvalue weighted by atomic mass is 10.0. The number of aryl methyl sites for hydroxylation is 1. The molecule has 6 rings (SSSR count). The molecule has 0 saturated heterocycles. The summed E-state index contributed by atoms with van der Waals surface area (Å²) in [6.45, 7) is 4.53. The second-order valence-corrected chi connectivity index (χ2v) is 7.66. The molecule has 0 bridgehead atoms. The number of aromatic nitrogens is 1. The fraction of sp³-hybridized carbons (Fsp3) is 0.261. The molecule has 0 spiro atoms. The van der Waals surface area contributed by atoms with Crippen LogP contribution in [0, 0.1) is 0 Å². The normalized spacial score (nSPS) is 14.0. The smallest absolute Gasteiger partial charge is 0.231 e. The van der Waals surface area contributed by atoms with Gasteiger partial charge in [-0.1, -0.05) is 6.07 Å². The summed E-state index contributed by atoms with van der Waals surface area (Å²) in [6.07, 6.45) is 0.0306. The molecule has 0 saturated carbocycles. The Morgan fingerprint density at radius 1 is 0.833 bits per heavy atom. The minimum absolute atomic E-state index is 0. The molecule has 4 aliphatic rings. The van der Waals surface area contributed by atoms with Crippen molar-refractivity contribution >= 4 is 21.7 Å². The van der Waals surface area contributed by atoms with Gasteiger partial charge < -0.3 is 36.1 Å². The van der Waals surface area contributed by atoms with Crippen LogP contribution in [0.2, 0.25) is 0 Å². The minimum Gasteiger partial charge on any atom is -1.00 e. The summed E-state index contributed by atoms with van der Waals surface area (Å²) in [4.78, 5) is 0. The van der Waals surface area contributed by atoms with E-state index in [0.717, 1.165) is 55.9 Å². The second kappa shape index (κ2) is 6.71. The highest BCUT2D eigenvalue weighted by Crippen LogP contribution is 2.46. The van der Waals surface area contributed by atoms with Crippen LogP contribution in [0.15, 0.2) is 36.4 Å².